The van der Waals surface area contributed by atoms with Crippen molar-refractivity contribution in [1.82, 2.24) is 11.0 Å². The second kappa shape index (κ2) is 5.36. The normalized spacial score (nSPS) is 11.6. The maximum absolute atomic E-state index is 10.9. The molecule has 70 valence electrons. The van der Waals surface area contributed by atoms with Crippen LogP contribution in [0.2, 0.25) is 0 Å². The van der Waals surface area contributed by atoms with Gasteiger partial charge >= 0.3 is 6.09 Å². The van der Waals surface area contributed by atoms with Gasteiger partial charge in [0.15, 0.2) is 0 Å². The summed E-state index contributed by atoms with van der Waals surface area (Å²) in [5.74, 6) is -0.627. The van der Waals surface area contributed by atoms with Gasteiger partial charge in [-0.2, -0.15) is 5.48 Å². The molecule has 0 aliphatic heterocycles. The van der Waals surface area contributed by atoms with Crippen molar-refractivity contribution in [3.63, 3.8) is 0 Å². The number of hydroxylamine groups is 2. The second-order valence-electron chi connectivity index (χ2n) is 2.28. The van der Waals surface area contributed by atoms with E-state index in [1.807, 2.05) is 12.4 Å². The highest BCUT2D eigenvalue weighted by molar-refractivity contribution is 5.78. The van der Waals surface area contributed by atoms with Crippen LogP contribution in [0.3, 0.4) is 0 Å². The topological polar surface area (TPSA) is 87.7 Å². The number of nitrogens with one attached hydrogen (secondary N) is 2. The van der Waals surface area contributed by atoms with Gasteiger partial charge in [-0.25, -0.2) is 10.3 Å². The van der Waals surface area contributed by atoms with Crippen molar-refractivity contribution in [2.45, 2.75) is 20.3 Å². The van der Waals surface area contributed by atoms with Gasteiger partial charge in [0.25, 0.3) is 5.91 Å². The minimum Gasteiger partial charge on any atom is -0.320 e. The third-order valence-electron chi connectivity index (χ3n) is 1.40. The Morgan fingerprint density at radius 1 is 1.58 bits per heavy atom. The maximum Gasteiger partial charge on any atom is 0.455 e. The standard InChI is InChI=1S/C6H12N2O4/c1-3-4(2)5(9)8-12-6(10)7-11/h4,11H,3H2,1-2H3,(H,7,10)(H,8,9)/t4-/m0/s1. The SMILES string of the molecule is CC[C@H](C)C(=O)NOC(=O)NO. The molecule has 0 radical (unpaired) electrons. The van der Waals surface area contributed by atoms with E-state index in [1.54, 1.807) is 6.92 Å². The first-order chi connectivity index (χ1) is 5.61. The summed E-state index contributed by atoms with van der Waals surface area (Å²) in [7, 11) is 0. The molecule has 0 aromatic carbocycles. The quantitative estimate of drug-likeness (QED) is 0.413. The molecule has 0 heterocycles. The summed E-state index contributed by atoms with van der Waals surface area (Å²) in [6, 6.07) is 0. The fourth-order valence-electron chi connectivity index (χ4n) is 0.405. The fraction of sp³-hybridized carbons (Fsp3) is 0.667. The van der Waals surface area contributed by atoms with Crippen LogP contribution >= 0.6 is 0 Å². The third kappa shape index (κ3) is 3.77. The first-order valence-electron chi connectivity index (χ1n) is 3.52. The van der Waals surface area contributed by atoms with Crippen LogP contribution in [0.4, 0.5) is 4.79 Å². The zero-order chi connectivity index (χ0) is 9.56. The van der Waals surface area contributed by atoms with Gasteiger partial charge in [-0.05, 0) is 6.42 Å². The highest BCUT2D eigenvalue weighted by Gasteiger charge is 2.11. The van der Waals surface area contributed by atoms with Gasteiger partial charge in [-0.3, -0.25) is 10.0 Å². The number of amides is 2. The second-order valence-corrected chi connectivity index (χ2v) is 2.28. The van der Waals surface area contributed by atoms with Crippen LogP contribution in [0, 0.1) is 5.92 Å². The molecular formula is C6H12N2O4. The molecule has 0 aliphatic carbocycles. The molecule has 0 saturated carbocycles. The third-order valence-corrected chi connectivity index (χ3v) is 1.40. The molecule has 0 saturated heterocycles. The summed E-state index contributed by atoms with van der Waals surface area (Å²) in [5, 5.41) is 7.97. The van der Waals surface area contributed by atoms with Crippen molar-refractivity contribution in [3.8, 4) is 0 Å². The lowest BCUT2D eigenvalue weighted by Crippen LogP contribution is -2.34. The summed E-state index contributed by atoms with van der Waals surface area (Å²) in [6.07, 6.45) is -0.470. The van der Waals surface area contributed by atoms with Gasteiger partial charge in [-0.15, -0.1) is 0 Å². The van der Waals surface area contributed by atoms with Crippen LogP contribution in [-0.2, 0) is 9.63 Å². The number of carbonyl (C=O) groups excluding carboxylic acids is 2. The average Bonchev–Trinajstić information content (AvgIpc) is 2.11. The zero-order valence-corrected chi connectivity index (χ0v) is 6.96. The Kier molecular flexibility index (Phi) is 4.78. The lowest BCUT2D eigenvalue weighted by atomic mass is 10.1. The Morgan fingerprint density at radius 3 is 2.58 bits per heavy atom. The predicted molar refractivity (Wildman–Crippen MR) is 39.0 cm³/mol. The van der Waals surface area contributed by atoms with Crippen molar-refractivity contribution in [2.24, 2.45) is 5.92 Å². The van der Waals surface area contributed by atoms with E-state index in [2.05, 4.69) is 4.84 Å². The summed E-state index contributed by atoms with van der Waals surface area (Å²) >= 11 is 0. The van der Waals surface area contributed by atoms with Crippen LogP contribution in [0.25, 0.3) is 0 Å². The molecule has 1 atom stereocenters. The molecule has 3 N–H and O–H groups in total. The van der Waals surface area contributed by atoms with E-state index in [9.17, 15) is 9.59 Å². The van der Waals surface area contributed by atoms with Crippen molar-refractivity contribution < 1.29 is 19.6 Å². The lowest BCUT2D eigenvalue weighted by molar-refractivity contribution is -0.133. The van der Waals surface area contributed by atoms with Crippen molar-refractivity contribution in [3.05, 3.63) is 0 Å². The molecule has 0 aliphatic rings. The number of carbonyl (C=O) groups is 2. The molecule has 2 amide bonds. The van der Waals surface area contributed by atoms with Gasteiger partial charge in [0.2, 0.25) is 0 Å². The van der Waals surface area contributed by atoms with E-state index in [0.717, 1.165) is 0 Å². The summed E-state index contributed by atoms with van der Waals surface area (Å²) in [4.78, 5) is 25.2. The molecule has 0 unspecified atom stereocenters. The van der Waals surface area contributed by atoms with E-state index >= 15 is 0 Å². The maximum atomic E-state index is 10.9. The summed E-state index contributed by atoms with van der Waals surface area (Å²) < 4.78 is 0. The molecule has 6 heteroatoms. The van der Waals surface area contributed by atoms with Crippen LogP contribution in [0.1, 0.15) is 20.3 Å². The minimum absolute atomic E-state index is 0.225. The van der Waals surface area contributed by atoms with Crippen LogP contribution in [-0.4, -0.2) is 17.2 Å². The molecular weight excluding hydrogens is 164 g/mol. The van der Waals surface area contributed by atoms with Crippen molar-refractivity contribution in [1.29, 1.82) is 0 Å². The first-order valence-corrected chi connectivity index (χ1v) is 3.52. The smallest absolute Gasteiger partial charge is 0.320 e. The molecule has 0 spiro atoms. The Morgan fingerprint density at radius 2 is 2.17 bits per heavy atom. The number of rotatable bonds is 2. The van der Waals surface area contributed by atoms with Gasteiger partial charge in [0.1, 0.15) is 0 Å². The van der Waals surface area contributed by atoms with E-state index in [4.69, 9.17) is 5.21 Å². The predicted octanol–water partition coefficient (Wildman–Crippen LogP) is 0.179. The highest BCUT2D eigenvalue weighted by Crippen LogP contribution is 1.98. The van der Waals surface area contributed by atoms with Crippen molar-refractivity contribution in [2.75, 3.05) is 0 Å². The highest BCUT2D eigenvalue weighted by atomic mass is 16.7. The van der Waals surface area contributed by atoms with Crippen LogP contribution in [0.15, 0.2) is 0 Å². The van der Waals surface area contributed by atoms with E-state index in [1.165, 1.54) is 5.48 Å². The summed E-state index contributed by atoms with van der Waals surface area (Å²) in [6.45, 7) is 3.52. The molecule has 0 bridgehead atoms. The molecule has 0 aromatic rings. The molecule has 0 fully saturated rings. The van der Waals surface area contributed by atoms with E-state index < -0.39 is 12.0 Å². The van der Waals surface area contributed by atoms with Gasteiger partial charge in [0.05, 0.1) is 0 Å². The minimum atomic E-state index is -1.12. The van der Waals surface area contributed by atoms with E-state index in [0.29, 0.717) is 6.42 Å². The number of hydrogen-bond acceptors (Lipinski definition) is 4. The largest absolute Gasteiger partial charge is 0.455 e. The fourth-order valence-corrected chi connectivity index (χ4v) is 0.405. The molecule has 12 heavy (non-hydrogen) atoms. The molecule has 0 rings (SSSR count). The monoisotopic (exact) mass is 176 g/mol. The van der Waals surface area contributed by atoms with Gasteiger partial charge in [-0.1, -0.05) is 13.8 Å². The molecule has 0 aromatic heterocycles. The van der Waals surface area contributed by atoms with Crippen LogP contribution in [0.5, 0.6) is 0 Å². The summed E-state index contributed by atoms with van der Waals surface area (Å²) in [5.41, 5.74) is 3.07. The Bertz CT molecular complexity index is 171. The lowest BCUT2D eigenvalue weighted by Gasteiger charge is -2.08. The molecule has 6 nitrogen and oxygen atoms in total. The first kappa shape index (κ1) is 10.7. The zero-order valence-electron chi connectivity index (χ0n) is 6.96. The van der Waals surface area contributed by atoms with E-state index in [-0.39, 0.29) is 5.92 Å². The Balaban J connectivity index is 3.64. The van der Waals surface area contributed by atoms with Crippen LogP contribution < -0.4 is 11.0 Å². The Hall–Kier alpha value is -1.30. The van der Waals surface area contributed by atoms with Gasteiger partial charge < -0.3 is 4.84 Å². The van der Waals surface area contributed by atoms with Crippen molar-refractivity contribution >= 4 is 12.0 Å². The average molecular weight is 176 g/mol. The Labute approximate surface area is 69.8 Å². The number of hydrogen-bond donors (Lipinski definition) is 3. The van der Waals surface area contributed by atoms with Gasteiger partial charge in [0, 0.05) is 5.92 Å².